The lowest BCUT2D eigenvalue weighted by atomic mass is 10.1. The Balaban J connectivity index is 1.36. The molecule has 0 unspecified atom stereocenters. The average molecular weight is 509 g/mol. The van der Waals surface area contributed by atoms with Crippen LogP contribution < -0.4 is 10.1 Å². The van der Waals surface area contributed by atoms with E-state index in [1.165, 1.54) is 11.8 Å². The Kier molecular flexibility index (Phi) is 5.54. The lowest BCUT2D eigenvalue weighted by molar-refractivity contribution is -0.113. The SMILES string of the molecule is COc1ccc(-c2cc3c4nnc(SCC(=O)Nc5cccc(Br)c5)n4ccn3n2)cc1. The number of nitrogens with zero attached hydrogens (tertiary/aromatic N) is 5. The molecule has 0 aliphatic rings. The third-order valence-electron chi connectivity index (χ3n) is 4.81. The van der Waals surface area contributed by atoms with Crippen molar-refractivity contribution in [1.29, 1.82) is 0 Å². The summed E-state index contributed by atoms with van der Waals surface area (Å²) < 4.78 is 9.77. The summed E-state index contributed by atoms with van der Waals surface area (Å²) in [4.78, 5) is 12.3. The number of rotatable bonds is 6. The number of fused-ring (bicyclic) bond motifs is 3. The maximum Gasteiger partial charge on any atom is 0.234 e. The Hall–Kier alpha value is -3.37. The van der Waals surface area contributed by atoms with E-state index in [2.05, 4.69) is 36.5 Å². The Morgan fingerprint density at radius 1 is 1.12 bits per heavy atom. The predicted molar refractivity (Wildman–Crippen MR) is 127 cm³/mol. The molecule has 1 amide bonds. The van der Waals surface area contributed by atoms with Crippen molar-refractivity contribution in [1.82, 2.24) is 24.2 Å². The number of aromatic nitrogens is 5. The zero-order valence-electron chi connectivity index (χ0n) is 16.9. The lowest BCUT2D eigenvalue weighted by Gasteiger charge is -2.05. The fourth-order valence-corrected chi connectivity index (χ4v) is 4.40. The number of hydrogen-bond acceptors (Lipinski definition) is 6. The molecule has 0 fully saturated rings. The van der Waals surface area contributed by atoms with Crippen molar-refractivity contribution in [3.8, 4) is 17.0 Å². The summed E-state index contributed by atoms with van der Waals surface area (Å²) in [5, 5.41) is 16.8. The fraction of sp³-hybridized carbons (Fsp3) is 0.0909. The normalized spacial score (nSPS) is 11.2. The molecule has 0 atom stereocenters. The molecule has 3 heterocycles. The maximum absolute atomic E-state index is 12.3. The summed E-state index contributed by atoms with van der Waals surface area (Å²) in [6.45, 7) is 0. The number of thioether (sulfide) groups is 1. The third-order valence-corrected chi connectivity index (χ3v) is 6.25. The van der Waals surface area contributed by atoms with Crippen LogP contribution >= 0.6 is 27.7 Å². The fourth-order valence-electron chi connectivity index (χ4n) is 3.29. The highest BCUT2D eigenvalue weighted by Crippen LogP contribution is 2.26. The van der Waals surface area contributed by atoms with Gasteiger partial charge >= 0.3 is 0 Å². The molecule has 3 aromatic heterocycles. The summed E-state index contributed by atoms with van der Waals surface area (Å²) in [5.41, 5.74) is 4.05. The number of carbonyl (C=O) groups is 1. The van der Waals surface area contributed by atoms with E-state index in [1.807, 2.05) is 71.4 Å². The lowest BCUT2D eigenvalue weighted by Crippen LogP contribution is -2.14. The first-order valence-electron chi connectivity index (χ1n) is 9.66. The van der Waals surface area contributed by atoms with E-state index in [1.54, 1.807) is 11.6 Å². The molecular weight excluding hydrogens is 492 g/mol. The van der Waals surface area contributed by atoms with Gasteiger partial charge in [0, 0.05) is 28.1 Å². The van der Waals surface area contributed by atoms with Crippen LogP contribution in [0.25, 0.3) is 22.4 Å². The zero-order valence-corrected chi connectivity index (χ0v) is 19.3. The van der Waals surface area contributed by atoms with Crippen LogP contribution in [0.4, 0.5) is 5.69 Å². The van der Waals surface area contributed by atoms with Crippen molar-refractivity contribution in [2.75, 3.05) is 18.2 Å². The molecule has 5 rings (SSSR count). The number of nitrogens with one attached hydrogen (secondary N) is 1. The third kappa shape index (κ3) is 4.06. The van der Waals surface area contributed by atoms with E-state index in [-0.39, 0.29) is 11.7 Å². The van der Waals surface area contributed by atoms with Gasteiger partial charge in [0.2, 0.25) is 5.91 Å². The van der Waals surface area contributed by atoms with Gasteiger partial charge in [-0.15, -0.1) is 10.2 Å². The van der Waals surface area contributed by atoms with E-state index in [0.29, 0.717) is 10.8 Å². The monoisotopic (exact) mass is 508 g/mol. The van der Waals surface area contributed by atoms with Crippen molar-refractivity contribution < 1.29 is 9.53 Å². The largest absolute Gasteiger partial charge is 0.497 e. The highest BCUT2D eigenvalue weighted by Gasteiger charge is 2.14. The second-order valence-corrected chi connectivity index (χ2v) is 8.77. The number of ether oxygens (including phenoxy) is 1. The van der Waals surface area contributed by atoms with Crippen molar-refractivity contribution in [3.05, 3.63) is 71.5 Å². The van der Waals surface area contributed by atoms with Gasteiger partial charge < -0.3 is 10.1 Å². The standard InChI is InChI=1S/C22H17BrN6O2S/c1-31-17-7-5-14(6-8-17)18-12-19-21-25-26-22(28(21)9-10-29(19)27-18)32-13-20(30)24-16-4-2-3-15(23)11-16/h2-12H,13H2,1H3,(H,24,30). The summed E-state index contributed by atoms with van der Waals surface area (Å²) in [6.07, 6.45) is 3.70. The van der Waals surface area contributed by atoms with Gasteiger partial charge in [0.1, 0.15) is 11.3 Å². The molecule has 8 nitrogen and oxygen atoms in total. The Labute approximate surface area is 195 Å². The number of amides is 1. The molecule has 2 aromatic carbocycles. The Morgan fingerprint density at radius 3 is 2.75 bits per heavy atom. The van der Waals surface area contributed by atoms with E-state index < -0.39 is 0 Å². The van der Waals surface area contributed by atoms with Crippen LogP contribution in [0.2, 0.25) is 0 Å². The van der Waals surface area contributed by atoms with Crippen molar-refractivity contribution >= 4 is 50.5 Å². The highest BCUT2D eigenvalue weighted by atomic mass is 79.9. The number of carbonyl (C=O) groups excluding carboxylic acids is 1. The second-order valence-electron chi connectivity index (χ2n) is 6.91. The van der Waals surface area contributed by atoms with Gasteiger partial charge in [0.05, 0.1) is 18.6 Å². The van der Waals surface area contributed by atoms with Crippen LogP contribution in [0.3, 0.4) is 0 Å². The number of methoxy groups -OCH3 is 1. The molecule has 0 aliphatic heterocycles. The smallest absolute Gasteiger partial charge is 0.234 e. The van der Waals surface area contributed by atoms with Crippen molar-refractivity contribution in [3.63, 3.8) is 0 Å². The molecule has 0 bridgehead atoms. The molecule has 1 N–H and O–H groups in total. The first kappa shape index (κ1) is 20.5. The van der Waals surface area contributed by atoms with Crippen LogP contribution in [0.5, 0.6) is 5.75 Å². The number of halogens is 1. The molecule has 0 saturated carbocycles. The van der Waals surface area contributed by atoms with E-state index in [9.17, 15) is 4.79 Å². The predicted octanol–water partition coefficient (Wildman–Crippen LogP) is 4.55. The summed E-state index contributed by atoms with van der Waals surface area (Å²) >= 11 is 4.73. The van der Waals surface area contributed by atoms with Crippen molar-refractivity contribution in [2.45, 2.75) is 5.16 Å². The molecular formula is C22H17BrN6O2S. The Morgan fingerprint density at radius 2 is 1.97 bits per heavy atom. The highest BCUT2D eigenvalue weighted by molar-refractivity contribution is 9.10. The Bertz CT molecular complexity index is 1430. The summed E-state index contributed by atoms with van der Waals surface area (Å²) in [6, 6.07) is 17.2. The van der Waals surface area contributed by atoms with Crippen LogP contribution in [-0.4, -0.2) is 43.0 Å². The zero-order chi connectivity index (χ0) is 22.1. The number of hydrogen-bond donors (Lipinski definition) is 1. The number of anilines is 1. The van der Waals surface area contributed by atoms with Gasteiger partial charge in [0.25, 0.3) is 0 Å². The van der Waals surface area contributed by atoms with Crippen LogP contribution in [0.1, 0.15) is 0 Å². The topological polar surface area (TPSA) is 85.8 Å². The van der Waals surface area contributed by atoms with Crippen LogP contribution in [0.15, 0.2) is 76.6 Å². The first-order valence-corrected chi connectivity index (χ1v) is 11.4. The average Bonchev–Trinajstić information content (AvgIpc) is 3.42. The van der Waals surface area contributed by atoms with E-state index >= 15 is 0 Å². The van der Waals surface area contributed by atoms with Gasteiger partial charge in [-0.2, -0.15) is 5.10 Å². The molecule has 32 heavy (non-hydrogen) atoms. The molecule has 10 heteroatoms. The van der Waals surface area contributed by atoms with Gasteiger partial charge in [-0.05, 0) is 48.5 Å². The minimum Gasteiger partial charge on any atom is -0.497 e. The van der Waals surface area contributed by atoms with Gasteiger partial charge in [-0.3, -0.25) is 9.20 Å². The molecule has 0 saturated heterocycles. The van der Waals surface area contributed by atoms with Crippen LogP contribution in [-0.2, 0) is 4.79 Å². The molecule has 160 valence electrons. The number of benzene rings is 2. The van der Waals surface area contributed by atoms with Gasteiger partial charge in [0.15, 0.2) is 10.8 Å². The van der Waals surface area contributed by atoms with Crippen LogP contribution in [0, 0.1) is 0 Å². The molecule has 0 radical (unpaired) electrons. The molecule has 0 spiro atoms. The van der Waals surface area contributed by atoms with Crippen molar-refractivity contribution in [2.24, 2.45) is 0 Å². The molecule has 5 aromatic rings. The quantitative estimate of drug-likeness (QED) is 0.338. The minimum atomic E-state index is -0.114. The minimum absolute atomic E-state index is 0.114. The van der Waals surface area contributed by atoms with E-state index in [4.69, 9.17) is 4.74 Å². The maximum atomic E-state index is 12.3. The first-order chi connectivity index (χ1) is 15.6. The van der Waals surface area contributed by atoms with Gasteiger partial charge in [-0.25, -0.2) is 4.52 Å². The summed E-state index contributed by atoms with van der Waals surface area (Å²) in [5.74, 6) is 0.898. The van der Waals surface area contributed by atoms with Gasteiger partial charge in [-0.1, -0.05) is 33.8 Å². The molecule has 0 aliphatic carbocycles. The second kappa shape index (κ2) is 8.64. The van der Waals surface area contributed by atoms with E-state index in [0.717, 1.165) is 32.7 Å². The summed E-state index contributed by atoms with van der Waals surface area (Å²) in [7, 11) is 1.64.